The van der Waals surface area contributed by atoms with E-state index in [1.807, 2.05) is 38.1 Å². The summed E-state index contributed by atoms with van der Waals surface area (Å²) < 4.78 is 1.63. The summed E-state index contributed by atoms with van der Waals surface area (Å²) in [6.07, 6.45) is 0.590. The van der Waals surface area contributed by atoms with Crippen molar-refractivity contribution in [1.82, 2.24) is 19.7 Å². The van der Waals surface area contributed by atoms with Crippen LogP contribution in [0, 0.1) is 13.8 Å². The second-order valence-electron chi connectivity index (χ2n) is 5.38. The molecule has 0 aliphatic heterocycles. The summed E-state index contributed by atoms with van der Waals surface area (Å²) in [5, 5.41) is 4.51. The van der Waals surface area contributed by atoms with Crippen LogP contribution >= 0.6 is 0 Å². The minimum absolute atomic E-state index is 0.114. The van der Waals surface area contributed by atoms with Gasteiger partial charge in [0.15, 0.2) is 11.9 Å². The largest absolute Gasteiger partial charge is 0.310 e. The number of aromatic amines is 1. The number of carbonyl (C=O) groups is 1. The molecule has 0 aliphatic rings. The third-order valence-electron chi connectivity index (χ3n) is 3.75. The first-order valence-corrected chi connectivity index (χ1v) is 7.02. The van der Waals surface area contributed by atoms with Gasteiger partial charge in [-0.05, 0) is 26.3 Å². The maximum absolute atomic E-state index is 12.1. The molecule has 0 radical (unpaired) electrons. The van der Waals surface area contributed by atoms with Gasteiger partial charge in [0.2, 0.25) is 0 Å². The molecule has 0 aliphatic carbocycles. The number of hydrogen-bond acceptors (Lipinski definition) is 4. The zero-order valence-corrected chi connectivity index (χ0v) is 12.6. The van der Waals surface area contributed by atoms with Crippen molar-refractivity contribution in [3.63, 3.8) is 0 Å². The zero-order chi connectivity index (χ0) is 15.9. The number of aldehydes is 1. The molecule has 0 saturated heterocycles. The highest BCUT2D eigenvalue weighted by Gasteiger charge is 2.19. The number of aryl methyl sites for hydroxylation is 2. The molecule has 6 nitrogen and oxygen atoms in total. The average Bonchev–Trinajstić information content (AvgIpc) is 2.86. The fraction of sp³-hybridized carbons (Fsp3) is 0.250. The Labute approximate surface area is 126 Å². The van der Waals surface area contributed by atoms with Crippen LogP contribution in [0.3, 0.4) is 0 Å². The van der Waals surface area contributed by atoms with E-state index >= 15 is 0 Å². The van der Waals surface area contributed by atoms with Crippen molar-refractivity contribution in [2.75, 3.05) is 0 Å². The van der Waals surface area contributed by atoms with E-state index in [4.69, 9.17) is 0 Å². The maximum atomic E-state index is 12.1. The summed E-state index contributed by atoms with van der Waals surface area (Å²) in [4.78, 5) is 30.3. The molecule has 0 fully saturated rings. The molecule has 0 bridgehead atoms. The number of H-pyrrole nitrogens is 1. The zero-order valence-electron chi connectivity index (χ0n) is 12.6. The van der Waals surface area contributed by atoms with Crippen LogP contribution in [0.2, 0.25) is 0 Å². The first-order chi connectivity index (χ1) is 10.5. The number of nitrogens with zero attached hydrogens (tertiary/aromatic N) is 3. The predicted molar refractivity (Wildman–Crippen MR) is 83.3 cm³/mol. The van der Waals surface area contributed by atoms with E-state index in [-0.39, 0.29) is 22.7 Å². The second-order valence-corrected chi connectivity index (χ2v) is 5.38. The van der Waals surface area contributed by atoms with Crippen LogP contribution in [0.5, 0.6) is 0 Å². The van der Waals surface area contributed by atoms with Crippen LogP contribution in [0.1, 0.15) is 40.4 Å². The Morgan fingerprint density at radius 3 is 2.55 bits per heavy atom. The molecule has 0 spiro atoms. The van der Waals surface area contributed by atoms with Crippen molar-refractivity contribution in [3.05, 3.63) is 57.3 Å². The molecule has 6 heteroatoms. The van der Waals surface area contributed by atoms with E-state index in [1.54, 1.807) is 11.6 Å². The molecule has 2 aromatic heterocycles. The van der Waals surface area contributed by atoms with Crippen molar-refractivity contribution in [2.45, 2.75) is 26.8 Å². The molecule has 22 heavy (non-hydrogen) atoms. The van der Waals surface area contributed by atoms with Gasteiger partial charge in [-0.15, -0.1) is 0 Å². The van der Waals surface area contributed by atoms with Gasteiger partial charge in [-0.2, -0.15) is 5.10 Å². The van der Waals surface area contributed by atoms with E-state index in [1.165, 1.54) is 5.56 Å². The van der Waals surface area contributed by atoms with Gasteiger partial charge in [0.05, 0.1) is 6.04 Å². The Balaban J connectivity index is 2.24. The van der Waals surface area contributed by atoms with E-state index in [0.717, 1.165) is 5.56 Å². The average molecular weight is 296 g/mol. The van der Waals surface area contributed by atoms with Gasteiger partial charge < -0.3 is 4.98 Å². The van der Waals surface area contributed by atoms with Gasteiger partial charge in [-0.25, -0.2) is 9.67 Å². The van der Waals surface area contributed by atoms with Crippen LogP contribution in [0.4, 0.5) is 0 Å². The number of hydrogen-bond donors (Lipinski definition) is 1. The van der Waals surface area contributed by atoms with E-state index in [0.29, 0.717) is 17.8 Å². The third kappa shape index (κ3) is 2.22. The quantitative estimate of drug-likeness (QED) is 0.751. The van der Waals surface area contributed by atoms with Crippen LogP contribution in [-0.2, 0) is 0 Å². The first-order valence-electron chi connectivity index (χ1n) is 7.02. The normalized spacial score (nSPS) is 12.5. The van der Waals surface area contributed by atoms with Crippen molar-refractivity contribution in [3.8, 4) is 0 Å². The SMILES string of the molecule is Cc1ccc([C@H](C)n2nc(C=O)c3c(=O)[nH]c(C)nc32)cc1. The summed E-state index contributed by atoms with van der Waals surface area (Å²) in [6, 6.07) is 7.92. The van der Waals surface area contributed by atoms with E-state index in [9.17, 15) is 9.59 Å². The number of fused-ring (bicyclic) bond motifs is 1. The number of rotatable bonds is 3. The highest BCUT2D eigenvalue weighted by Crippen LogP contribution is 2.22. The molecule has 3 aromatic rings. The van der Waals surface area contributed by atoms with E-state index in [2.05, 4.69) is 15.1 Å². The summed E-state index contributed by atoms with van der Waals surface area (Å²) >= 11 is 0. The lowest BCUT2D eigenvalue weighted by Crippen LogP contribution is -2.13. The molecular weight excluding hydrogens is 280 g/mol. The van der Waals surface area contributed by atoms with Gasteiger partial charge in [-0.3, -0.25) is 9.59 Å². The van der Waals surface area contributed by atoms with Crippen LogP contribution in [0.25, 0.3) is 11.0 Å². The summed E-state index contributed by atoms with van der Waals surface area (Å²) in [7, 11) is 0. The Morgan fingerprint density at radius 2 is 1.91 bits per heavy atom. The van der Waals surface area contributed by atoms with Crippen LogP contribution < -0.4 is 5.56 Å². The second kappa shape index (κ2) is 5.22. The van der Waals surface area contributed by atoms with Crippen molar-refractivity contribution >= 4 is 17.3 Å². The lowest BCUT2D eigenvalue weighted by Gasteiger charge is -2.13. The van der Waals surface area contributed by atoms with E-state index < -0.39 is 0 Å². The van der Waals surface area contributed by atoms with Gasteiger partial charge in [0, 0.05) is 0 Å². The molecular formula is C16H16N4O2. The lowest BCUT2D eigenvalue weighted by atomic mass is 10.1. The number of aromatic nitrogens is 4. The highest BCUT2D eigenvalue weighted by molar-refractivity contribution is 5.92. The van der Waals surface area contributed by atoms with Crippen molar-refractivity contribution < 1.29 is 4.79 Å². The van der Waals surface area contributed by atoms with Gasteiger partial charge in [0.25, 0.3) is 5.56 Å². The fourth-order valence-electron chi connectivity index (χ4n) is 2.52. The van der Waals surface area contributed by atoms with Gasteiger partial charge in [-0.1, -0.05) is 29.8 Å². The molecule has 1 atom stereocenters. The molecule has 112 valence electrons. The first kappa shape index (κ1) is 14.2. The van der Waals surface area contributed by atoms with Gasteiger partial charge in [0.1, 0.15) is 16.9 Å². The molecule has 0 unspecified atom stereocenters. The Morgan fingerprint density at radius 1 is 1.23 bits per heavy atom. The van der Waals surface area contributed by atoms with Crippen LogP contribution in [0.15, 0.2) is 29.1 Å². The third-order valence-corrected chi connectivity index (χ3v) is 3.75. The van der Waals surface area contributed by atoms with Crippen molar-refractivity contribution in [1.29, 1.82) is 0 Å². The Hall–Kier alpha value is -2.76. The molecule has 2 heterocycles. The predicted octanol–water partition coefficient (Wildman–Crippen LogP) is 2.16. The number of carbonyl (C=O) groups excluding carboxylic acids is 1. The number of benzene rings is 1. The monoisotopic (exact) mass is 296 g/mol. The number of nitrogens with one attached hydrogen (secondary N) is 1. The topological polar surface area (TPSA) is 80.6 Å². The Kier molecular flexibility index (Phi) is 3.36. The summed E-state index contributed by atoms with van der Waals surface area (Å²) in [6.45, 7) is 5.69. The molecule has 1 aromatic carbocycles. The Bertz CT molecular complexity index is 906. The molecule has 1 N–H and O–H groups in total. The maximum Gasteiger partial charge on any atom is 0.262 e. The smallest absolute Gasteiger partial charge is 0.262 e. The fourth-order valence-corrected chi connectivity index (χ4v) is 2.52. The molecule has 3 rings (SSSR count). The molecule has 0 saturated carbocycles. The van der Waals surface area contributed by atoms with Crippen LogP contribution in [-0.4, -0.2) is 26.0 Å². The van der Waals surface area contributed by atoms with Crippen molar-refractivity contribution in [2.24, 2.45) is 0 Å². The standard InChI is InChI=1S/C16H16N4O2/c1-9-4-6-12(7-5-9)10(2)20-15-14(13(8-21)19-20)16(22)18-11(3)17-15/h4-8,10H,1-3H3,(H,17,18,22)/t10-/m0/s1. The minimum atomic E-state index is -0.341. The summed E-state index contributed by atoms with van der Waals surface area (Å²) in [5.41, 5.74) is 2.40. The van der Waals surface area contributed by atoms with Gasteiger partial charge >= 0.3 is 0 Å². The minimum Gasteiger partial charge on any atom is -0.310 e. The lowest BCUT2D eigenvalue weighted by molar-refractivity contribution is 0.111. The summed E-state index contributed by atoms with van der Waals surface area (Å²) in [5.74, 6) is 0.493. The molecule has 0 amide bonds. The highest BCUT2D eigenvalue weighted by atomic mass is 16.1.